The van der Waals surface area contributed by atoms with Gasteiger partial charge in [-0.05, 0) is 52.9 Å². The maximum absolute atomic E-state index is 4.81. The molecule has 0 aliphatic rings. The summed E-state index contributed by atoms with van der Waals surface area (Å²) in [5, 5.41) is 8.49. The second-order valence-electron chi connectivity index (χ2n) is 8.75. The third-order valence-electron chi connectivity index (χ3n) is 6.85. The number of aromatic nitrogens is 3. The summed E-state index contributed by atoms with van der Waals surface area (Å²) < 4.78 is 2.43. The zero-order chi connectivity index (χ0) is 22.2. The molecule has 4 heteroatoms. The Balaban J connectivity index is 1.39. The van der Waals surface area contributed by atoms with Gasteiger partial charge in [-0.1, -0.05) is 54.6 Å². The first-order chi connectivity index (χ1) is 16.8. The predicted molar refractivity (Wildman–Crippen MR) is 143 cm³/mol. The first-order valence-corrected chi connectivity index (χ1v) is 12.2. The normalized spacial score (nSPS) is 12.1. The van der Waals surface area contributed by atoms with Crippen molar-refractivity contribution in [2.75, 3.05) is 0 Å². The van der Waals surface area contributed by atoms with Gasteiger partial charge in [0.1, 0.15) is 4.83 Å². The minimum Gasteiger partial charge on any atom is -0.300 e. The molecule has 8 aromatic rings. The maximum Gasteiger partial charge on any atom is 0.159 e. The van der Waals surface area contributed by atoms with E-state index in [0.717, 1.165) is 22.3 Å². The molecule has 4 aromatic carbocycles. The van der Waals surface area contributed by atoms with Crippen LogP contribution in [-0.4, -0.2) is 14.4 Å². The zero-order valence-corrected chi connectivity index (χ0v) is 18.9. The lowest BCUT2D eigenvalue weighted by molar-refractivity contribution is 1.23. The summed E-state index contributed by atoms with van der Waals surface area (Å²) in [7, 11) is 0. The SMILES string of the molecule is c1cc(-c2cc3c4ccccc4n4c5sccc5c(c2)c34)cc(-c2ncc3ccccc3n2)c1. The van der Waals surface area contributed by atoms with E-state index in [0.29, 0.717) is 0 Å². The van der Waals surface area contributed by atoms with Gasteiger partial charge < -0.3 is 0 Å². The topological polar surface area (TPSA) is 30.2 Å². The lowest BCUT2D eigenvalue weighted by Crippen LogP contribution is -1.90. The Bertz CT molecular complexity index is 2030. The third kappa shape index (κ3) is 2.40. The van der Waals surface area contributed by atoms with Crippen molar-refractivity contribution in [2.24, 2.45) is 0 Å². The van der Waals surface area contributed by atoms with Gasteiger partial charge in [0.15, 0.2) is 5.82 Å². The molecular formula is C30H17N3S. The van der Waals surface area contributed by atoms with Crippen LogP contribution in [0.15, 0.2) is 103 Å². The summed E-state index contributed by atoms with van der Waals surface area (Å²) in [6, 6.07) is 32.4. The van der Waals surface area contributed by atoms with Gasteiger partial charge in [0.05, 0.1) is 16.6 Å². The molecule has 0 radical (unpaired) electrons. The molecule has 0 aliphatic carbocycles. The van der Waals surface area contributed by atoms with E-state index in [1.54, 1.807) is 0 Å². The van der Waals surface area contributed by atoms with Crippen LogP contribution in [0.1, 0.15) is 0 Å². The van der Waals surface area contributed by atoms with Crippen molar-refractivity contribution in [1.29, 1.82) is 0 Å². The maximum atomic E-state index is 4.81. The monoisotopic (exact) mass is 451 g/mol. The van der Waals surface area contributed by atoms with Crippen LogP contribution in [0.2, 0.25) is 0 Å². The van der Waals surface area contributed by atoms with Crippen molar-refractivity contribution in [3.05, 3.63) is 103 Å². The molecule has 0 unspecified atom stereocenters. The molecule has 0 aliphatic heterocycles. The van der Waals surface area contributed by atoms with Crippen molar-refractivity contribution in [3.63, 3.8) is 0 Å². The van der Waals surface area contributed by atoms with Crippen LogP contribution in [-0.2, 0) is 0 Å². The Morgan fingerprint density at radius 3 is 2.44 bits per heavy atom. The number of para-hydroxylation sites is 2. The molecule has 0 bridgehead atoms. The van der Waals surface area contributed by atoms with Gasteiger partial charge in [-0.25, -0.2) is 9.97 Å². The average molecular weight is 452 g/mol. The lowest BCUT2D eigenvalue weighted by atomic mass is 9.98. The fourth-order valence-electron chi connectivity index (χ4n) is 5.31. The zero-order valence-electron chi connectivity index (χ0n) is 18.1. The van der Waals surface area contributed by atoms with Crippen LogP contribution in [0, 0.1) is 0 Å². The molecule has 0 spiro atoms. The number of rotatable bonds is 2. The molecule has 3 nitrogen and oxygen atoms in total. The van der Waals surface area contributed by atoms with E-state index >= 15 is 0 Å². The van der Waals surface area contributed by atoms with Gasteiger partial charge in [-0.15, -0.1) is 11.3 Å². The van der Waals surface area contributed by atoms with Crippen LogP contribution in [0.3, 0.4) is 0 Å². The smallest absolute Gasteiger partial charge is 0.159 e. The van der Waals surface area contributed by atoms with Crippen molar-refractivity contribution in [2.45, 2.75) is 0 Å². The Morgan fingerprint density at radius 1 is 0.647 bits per heavy atom. The first kappa shape index (κ1) is 18.2. The Hall–Kier alpha value is -4.28. The van der Waals surface area contributed by atoms with Crippen molar-refractivity contribution in [1.82, 2.24) is 14.4 Å². The fourth-order valence-corrected chi connectivity index (χ4v) is 6.24. The summed E-state index contributed by atoms with van der Waals surface area (Å²) >= 11 is 1.81. The molecule has 0 saturated carbocycles. The standard InChI is InChI=1S/C30H17N3S/c1-3-10-26-20(6-1)17-31-29(32-26)19-8-5-7-18(14-19)21-15-24-22-9-2-4-11-27(22)33-28(24)25(16-21)23-12-13-34-30(23)33/h1-17H. The Morgan fingerprint density at radius 2 is 1.47 bits per heavy atom. The van der Waals surface area contributed by atoms with E-state index in [9.17, 15) is 0 Å². The third-order valence-corrected chi connectivity index (χ3v) is 7.75. The number of nitrogens with zero attached hydrogens (tertiary/aromatic N) is 3. The fraction of sp³-hybridized carbons (Fsp3) is 0. The van der Waals surface area contributed by atoms with Crippen LogP contribution < -0.4 is 0 Å². The summed E-state index contributed by atoms with van der Waals surface area (Å²) in [6.07, 6.45) is 1.91. The highest BCUT2D eigenvalue weighted by Gasteiger charge is 2.19. The van der Waals surface area contributed by atoms with E-state index in [1.165, 1.54) is 48.5 Å². The molecule has 0 fully saturated rings. The predicted octanol–water partition coefficient (Wildman–Crippen LogP) is 8.18. The highest BCUT2D eigenvalue weighted by molar-refractivity contribution is 7.17. The number of thiophene rings is 1. The molecule has 4 aromatic heterocycles. The van der Waals surface area contributed by atoms with E-state index < -0.39 is 0 Å². The quantitative estimate of drug-likeness (QED) is 0.265. The number of fused-ring (bicyclic) bond motifs is 7. The van der Waals surface area contributed by atoms with Gasteiger partial charge in [0.2, 0.25) is 0 Å². The largest absolute Gasteiger partial charge is 0.300 e. The molecule has 0 atom stereocenters. The second-order valence-corrected chi connectivity index (χ2v) is 9.64. The summed E-state index contributed by atoms with van der Waals surface area (Å²) in [6.45, 7) is 0. The van der Waals surface area contributed by atoms with E-state index in [2.05, 4.69) is 81.5 Å². The molecule has 0 amide bonds. The highest BCUT2D eigenvalue weighted by Crippen LogP contribution is 2.43. The van der Waals surface area contributed by atoms with E-state index in [-0.39, 0.29) is 0 Å². The van der Waals surface area contributed by atoms with Crippen LogP contribution in [0.4, 0.5) is 0 Å². The van der Waals surface area contributed by atoms with Crippen molar-refractivity contribution >= 4 is 59.6 Å². The van der Waals surface area contributed by atoms with Gasteiger partial charge in [-0.2, -0.15) is 0 Å². The van der Waals surface area contributed by atoms with Crippen molar-refractivity contribution < 1.29 is 0 Å². The van der Waals surface area contributed by atoms with E-state index in [1.807, 2.05) is 41.8 Å². The van der Waals surface area contributed by atoms with Gasteiger partial charge in [0.25, 0.3) is 0 Å². The van der Waals surface area contributed by atoms with Crippen LogP contribution >= 0.6 is 11.3 Å². The summed E-state index contributed by atoms with van der Waals surface area (Å²) in [4.78, 5) is 10.8. The second kappa shape index (κ2) is 6.62. The molecule has 0 saturated heterocycles. The molecule has 4 heterocycles. The Kier molecular flexibility index (Phi) is 3.54. The average Bonchev–Trinajstić information content (AvgIpc) is 3.58. The highest BCUT2D eigenvalue weighted by atomic mass is 32.1. The molecule has 8 rings (SSSR count). The van der Waals surface area contributed by atoms with Crippen LogP contribution in [0.5, 0.6) is 0 Å². The minimum atomic E-state index is 0.753. The number of benzene rings is 4. The molecule has 158 valence electrons. The van der Waals surface area contributed by atoms with Gasteiger partial charge in [-0.3, -0.25) is 4.40 Å². The molecular weight excluding hydrogens is 434 g/mol. The molecule has 34 heavy (non-hydrogen) atoms. The molecule has 0 N–H and O–H groups in total. The van der Waals surface area contributed by atoms with E-state index in [4.69, 9.17) is 4.98 Å². The minimum absolute atomic E-state index is 0.753. The first-order valence-electron chi connectivity index (χ1n) is 11.3. The van der Waals surface area contributed by atoms with Crippen LogP contribution in [0.25, 0.3) is 70.8 Å². The summed E-state index contributed by atoms with van der Waals surface area (Å²) in [5.74, 6) is 0.753. The van der Waals surface area contributed by atoms with Gasteiger partial charge >= 0.3 is 0 Å². The van der Waals surface area contributed by atoms with Gasteiger partial charge in [0, 0.05) is 38.7 Å². The summed E-state index contributed by atoms with van der Waals surface area (Å²) in [5.41, 5.74) is 6.97. The van der Waals surface area contributed by atoms with Crippen molar-refractivity contribution in [3.8, 4) is 22.5 Å². The number of hydrogen-bond acceptors (Lipinski definition) is 3. The Labute approximate surface area is 198 Å². The lowest BCUT2D eigenvalue weighted by Gasteiger charge is -2.07. The number of hydrogen-bond donors (Lipinski definition) is 0.